The molecule has 0 spiro atoms. The molecule has 0 saturated heterocycles. The number of aromatic hydroxyl groups is 1. The van der Waals surface area contributed by atoms with Crippen molar-refractivity contribution in [2.75, 3.05) is 0 Å². The number of hydrogen-bond donors (Lipinski definition) is 3. The highest BCUT2D eigenvalue weighted by Crippen LogP contribution is 2.39. The first-order valence-corrected chi connectivity index (χ1v) is 7.33. The van der Waals surface area contributed by atoms with E-state index in [0.717, 1.165) is 0 Å². The average molecular weight is 334 g/mol. The van der Waals surface area contributed by atoms with Crippen LogP contribution in [0.15, 0.2) is 64.8 Å². The summed E-state index contributed by atoms with van der Waals surface area (Å²) in [6.45, 7) is 0. The molecule has 0 atom stereocenters. The molecule has 124 valence electrons. The van der Waals surface area contributed by atoms with Gasteiger partial charge in [-0.1, -0.05) is 24.3 Å². The minimum atomic E-state index is -0.819. The number of carbonyl (C=O) groups excluding carboxylic acids is 2. The summed E-state index contributed by atoms with van der Waals surface area (Å²) in [4.78, 5) is 23.0. The Labute approximate surface area is 142 Å². The molecule has 3 aromatic rings. The van der Waals surface area contributed by atoms with Crippen molar-refractivity contribution in [1.29, 1.82) is 0 Å². The summed E-state index contributed by atoms with van der Waals surface area (Å²) in [7, 11) is 0. The zero-order valence-electron chi connectivity index (χ0n) is 13.0. The molecule has 0 fully saturated rings. The molecule has 0 aromatic heterocycles. The van der Waals surface area contributed by atoms with Gasteiger partial charge in [0.05, 0.1) is 11.3 Å². The molecule has 0 unspecified atom stereocenters. The van der Waals surface area contributed by atoms with Crippen molar-refractivity contribution >= 4 is 34.0 Å². The molecule has 25 heavy (non-hydrogen) atoms. The Kier molecular flexibility index (Phi) is 4.13. The number of rotatable bonds is 4. The summed E-state index contributed by atoms with van der Waals surface area (Å²) in [5.74, 6) is -1.80. The zero-order chi connectivity index (χ0) is 18.0. The van der Waals surface area contributed by atoms with E-state index in [9.17, 15) is 14.7 Å². The quantitative estimate of drug-likeness (QED) is 0.633. The van der Waals surface area contributed by atoms with Gasteiger partial charge in [0.15, 0.2) is 5.75 Å². The van der Waals surface area contributed by atoms with Crippen LogP contribution in [0.1, 0.15) is 20.7 Å². The van der Waals surface area contributed by atoms with Crippen LogP contribution in [0.3, 0.4) is 0 Å². The van der Waals surface area contributed by atoms with E-state index < -0.39 is 11.8 Å². The first kappa shape index (κ1) is 16.1. The van der Waals surface area contributed by atoms with E-state index in [1.165, 1.54) is 18.2 Å². The molecule has 0 aliphatic carbocycles. The molecule has 0 saturated carbocycles. The van der Waals surface area contributed by atoms with E-state index >= 15 is 0 Å². The molecule has 0 bridgehead atoms. The van der Waals surface area contributed by atoms with Gasteiger partial charge in [0.2, 0.25) is 5.91 Å². The van der Waals surface area contributed by atoms with Crippen LogP contribution in [-0.4, -0.2) is 16.9 Å². The van der Waals surface area contributed by atoms with E-state index in [1.54, 1.807) is 30.3 Å². The van der Waals surface area contributed by atoms with Crippen molar-refractivity contribution in [2.45, 2.75) is 0 Å². The maximum Gasteiger partial charge on any atom is 0.252 e. The van der Waals surface area contributed by atoms with Gasteiger partial charge in [0, 0.05) is 10.9 Å². The predicted molar refractivity (Wildman–Crippen MR) is 93.3 cm³/mol. The second-order valence-electron chi connectivity index (χ2n) is 5.32. The molecule has 0 radical (unpaired) electrons. The van der Waals surface area contributed by atoms with Crippen LogP contribution in [0.4, 0.5) is 11.4 Å². The minimum absolute atomic E-state index is 0.0890. The lowest BCUT2D eigenvalue weighted by Gasteiger charge is -2.09. The van der Waals surface area contributed by atoms with Crippen LogP contribution in [0.5, 0.6) is 5.75 Å². The number of azo groups is 1. The standard InChI is InChI=1S/C18H14N4O3/c19-17(24)10-6-7-13-11(8-10)9-14(18(20)25)16(23)15(13)22-21-12-4-2-1-3-5-12/h1-9,23H,(H2,19,24)(H2,20,25). The summed E-state index contributed by atoms with van der Waals surface area (Å²) in [6.07, 6.45) is 0. The first-order valence-electron chi connectivity index (χ1n) is 7.33. The smallest absolute Gasteiger partial charge is 0.252 e. The average Bonchev–Trinajstić information content (AvgIpc) is 2.60. The minimum Gasteiger partial charge on any atom is -0.505 e. The molecule has 2 amide bonds. The lowest BCUT2D eigenvalue weighted by atomic mass is 10.0. The van der Waals surface area contributed by atoms with Crippen molar-refractivity contribution in [3.63, 3.8) is 0 Å². The largest absolute Gasteiger partial charge is 0.505 e. The summed E-state index contributed by atoms with van der Waals surface area (Å²) < 4.78 is 0. The topological polar surface area (TPSA) is 131 Å². The van der Waals surface area contributed by atoms with Gasteiger partial charge >= 0.3 is 0 Å². The Morgan fingerprint density at radius 2 is 1.60 bits per heavy atom. The van der Waals surface area contributed by atoms with Crippen LogP contribution in [0, 0.1) is 0 Å². The highest BCUT2D eigenvalue weighted by molar-refractivity contribution is 6.08. The fourth-order valence-electron chi connectivity index (χ4n) is 2.42. The third-order valence-corrected chi connectivity index (χ3v) is 3.66. The van der Waals surface area contributed by atoms with Gasteiger partial charge < -0.3 is 16.6 Å². The van der Waals surface area contributed by atoms with Crippen LogP contribution in [0.2, 0.25) is 0 Å². The van der Waals surface area contributed by atoms with Crippen LogP contribution >= 0.6 is 0 Å². The van der Waals surface area contributed by atoms with Gasteiger partial charge in [-0.2, -0.15) is 5.11 Å². The predicted octanol–water partition coefficient (Wildman–Crippen LogP) is 3.16. The molecule has 0 aliphatic heterocycles. The van der Waals surface area contributed by atoms with Gasteiger partial charge in [0.1, 0.15) is 5.69 Å². The number of amides is 2. The van der Waals surface area contributed by atoms with Gasteiger partial charge in [-0.25, -0.2) is 0 Å². The van der Waals surface area contributed by atoms with Crippen LogP contribution in [0.25, 0.3) is 10.8 Å². The lowest BCUT2D eigenvalue weighted by molar-refractivity contribution is 0.0991. The fourth-order valence-corrected chi connectivity index (χ4v) is 2.42. The van der Waals surface area contributed by atoms with Gasteiger partial charge in [0.25, 0.3) is 5.91 Å². The molecule has 5 N–H and O–H groups in total. The number of hydrogen-bond acceptors (Lipinski definition) is 5. The van der Waals surface area contributed by atoms with E-state index in [1.807, 2.05) is 6.07 Å². The van der Waals surface area contributed by atoms with Crippen LogP contribution < -0.4 is 11.5 Å². The van der Waals surface area contributed by atoms with Crippen molar-refractivity contribution < 1.29 is 14.7 Å². The fraction of sp³-hybridized carbons (Fsp3) is 0. The number of nitrogens with two attached hydrogens (primary N) is 2. The highest BCUT2D eigenvalue weighted by atomic mass is 16.3. The lowest BCUT2D eigenvalue weighted by Crippen LogP contribution is -2.12. The molecule has 3 aromatic carbocycles. The number of benzene rings is 3. The summed E-state index contributed by atoms with van der Waals surface area (Å²) in [6, 6.07) is 14.9. The SMILES string of the molecule is NC(=O)c1ccc2c(N=Nc3ccccc3)c(O)c(C(N)=O)cc2c1. The van der Waals surface area contributed by atoms with Crippen molar-refractivity contribution in [2.24, 2.45) is 21.7 Å². The summed E-state index contributed by atoms with van der Waals surface area (Å²) in [5.41, 5.74) is 11.4. The molecular weight excluding hydrogens is 320 g/mol. The second kappa shape index (κ2) is 6.40. The Bertz CT molecular complexity index is 1010. The molecule has 7 heteroatoms. The van der Waals surface area contributed by atoms with E-state index in [-0.39, 0.29) is 22.6 Å². The number of primary amides is 2. The zero-order valence-corrected chi connectivity index (χ0v) is 13.0. The first-order chi connectivity index (χ1) is 12.0. The number of phenols is 1. The maximum absolute atomic E-state index is 11.6. The third kappa shape index (κ3) is 3.16. The second-order valence-corrected chi connectivity index (χ2v) is 5.32. The van der Waals surface area contributed by atoms with Gasteiger partial charge in [-0.05, 0) is 35.7 Å². The molecule has 7 nitrogen and oxygen atoms in total. The molecule has 0 aliphatic rings. The third-order valence-electron chi connectivity index (χ3n) is 3.66. The van der Waals surface area contributed by atoms with E-state index in [2.05, 4.69) is 10.2 Å². The van der Waals surface area contributed by atoms with Crippen molar-refractivity contribution in [1.82, 2.24) is 0 Å². The number of fused-ring (bicyclic) bond motifs is 1. The Morgan fingerprint density at radius 1 is 0.880 bits per heavy atom. The highest BCUT2D eigenvalue weighted by Gasteiger charge is 2.17. The van der Waals surface area contributed by atoms with Crippen LogP contribution in [-0.2, 0) is 0 Å². The van der Waals surface area contributed by atoms with Gasteiger partial charge in [-0.3, -0.25) is 9.59 Å². The van der Waals surface area contributed by atoms with E-state index in [0.29, 0.717) is 16.5 Å². The van der Waals surface area contributed by atoms with Crippen molar-refractivity contribution in [3.8, 4) is 5.75 Å². The summed E-state index contributed by atoms with van der Waals surface area (Å²) in [5, 5.41) is 19.5. The normalized spacial score (nSPS) is 11.0. The number of nitrogens with zero attached hydrogens (tertiary/aromatic N) is 2. The maximum atomic E-state index is 11.6. The Balaban J connectivity index is 2.24. The Hall–Kier alpha value is -3.74. The summed E-state index contributed by atoms with van der Waals surface area (Å²) >= 11 is 0. The molecule has 3 rings (SSSR count). The van der Waals surface area contributed by atoms with Crippen molar-refractivity contribution in [3.05, 3.63) is 65.7 Å². The monoisotopic (exact) mass is 334 g/mol. The van der Waals surface area contributed by atoms with E-state index in [4.69, 9.17) is 11.5 Å². The molecule has 0 heterocycles. The number of carbonyl (C=O) groups is 2. The van der Waals surface area contributed by atoms with Gasteiger partial charge in [-0.15, -0.1) is 5.11 Å². The Morgan fingerprint density at radius 3 is 2.24 bits per heavy atom. The molecular formula is C18H14N4O3.